The van der Waals surface area contributed by atoms with Crippen molar-refractivity contribution in [3.63, 3.8) is 0 Å². The number of carbonyl (C=O) groups is 1. The van der Waals surface area contributed by atoms with E-state index in [1.165, 1.54) is 5.56 Å². The van der Waals surface area contributed by atoms with Crippen molar-refractivity contribution in [2.24, 2.45) is 0 Å². The molecule has 0 spiro atoms. The summed E-state index contributed by atoms with van der Waals surface area (Å²) in [7, 11) is 0. The van der Waals surface area contributed by atoms with Gasteiger partial charge >= 0.3 is 0 Å². The summed E-state index contributed by atoms with van der Waals surface area (Å²) in [5, 5.41) is 10.7. The highest BCUT2D eigenvalue weighted by Crippen LogP contribution is 2.40. The number of fused-ring (bicyclic) bond motifs is 1. The minimum atomic E-state index is -0.142. The average molecular weight is 498 g/mol. The van der Waals surface area contributed by atoms with Crippen molar-refractivity contribution in [1.82, 2.24) is 9.80 Å². The van der Waals surface area contributed by atoms with Gasteiger partial charge in [0.05, 0.1) is 11.1 Å². The molecule has 1 saturated heterocycles. The zero-order chi connectivity index (χ0) is 25.8. The van der Waals surface area contributed by atoms with Gasteiger partial charge in [-0.25, -0.2) is 0 Å². The van der Waals surface area contributed by atoms with Crippen LogP contribution in [0.1, 0.15) is 40.9 Å². The number of benzene rings is 3. The molecule has 5 rings (SSSR count). The molecule has 2 aliphatic heterocycles. The van der Waals surface area contributed by atoms with Gasteiger partial charge in [-0.3, -0.25) is 14.6 Å². The van der Waals surface area contributed by atoms with Gasteiger partial charge in [-0.2, -0.15) is 0 Å². The maximum absolute atomic E-state index is 13.1. The zero-order valence-corrected chi connectivity index (χ0v) is 21.7. The van der Waals surface area contributed by atoms with Crippen LogP contribution in [0.2, 0.25) is 0 Å². The predicted molar refractivity (Wildman–Crippen MR) is 148 cm³/mol. The molecule has 6 nitrogen and oxygen atoms in total. The summed E-state index contributed by atoms with van der Waals surface area (Å²) in [6.45, 7) is 11.4. The van der Waals surface area contributed by atoms with E-state index in [0.717, 1.165) is 57.1 Å². The number of anilines is 1. The molecular formula is C31H35N3O3. The van der Waals surface area contributed by atoms with Crippen molar-refractivity contribution >= 4 is 17.5 Å². The van der Waals surface area contributed by atoms with Gasteiger partial charge in [0.25, 0.3) is 0 Å². The number of carbonyl (C=O) groups excluding carboxylic acids is 1. The molecule has 1 N–H and O–H groups in total. The van der Waals surface area contributed by atoms with Gasteiger partial charge < -0.3 is 14.7 Å². The van der Waals surface area contributed by atoms with Gasteiger partial charge in [0.1, 0.15) is 11.5 Å². The number of hydrogen-bond acceptors (Lipinski definition) is 6. The molecule has 3 aromatic carbocycles. The third-order valence-corrected chi connectivity index (χ3v) is 7.33. The van der Waals surface area contributed by atoms with Crippen LogP contribution in [0, 0.1) is 0 Å². The lowest BCUT2D eigenvalue weighted by Crippen LogP contribution is -2.45. The number of phenols is 1. The fraction of sp³-hybridized carbons (Fsp3) is 0.323. The Labute approximate surface area is 219 Å². The molecule has 0 bridgehead atoms. The topological polar surface area (TPSA) is 56.3 Å². The molecule has 0 aliphatic carbocycles. The molecule has 3 aromatic rings. The molecule has 0 radical (unpaired) electrons. The molecule has 0 atom stereocenters. The van der Waals surface area contributed by atoms with E-state index in [4.69, 9.17) is 4.74 Å². The number of aromatic hydroxyl groups is 1. The Balaban J connectivity index is 1.27. The van der Waals surface area contributed by atoms with Crippen molar-refractivity contribution in [3.05, 3.63) is 94.7 Å². The van der Waals surface area contributed by atoms with Crippen molar-refractivity contribution in [3.8, 4) is 11.5 Å². The molecule has 2 aliphatic rings. The van der Waals surface area contributed by atoms with Crippen LogP contribution in [0.25, 0.3) is 6.08 Å². The first-order chi connectivity index (χ1) is 18.1. The fourth-order valence-electron chi connectivity index (χ4n) is 5.14. The molecule has 0 aromatic heterocycles. The molecular weight excluding hydrogens is 462 g/mol. The summed E-state index contributed by atoms with van der Waals surface area (Å²) in [5.41, 5.74) is 4.59. The Bertz CT molecular complexity index is 1260. The number of ketones is 1. The Hall–Kier alpha value is -3.61. The fourth-order valence-corrected chi connectivity index (χ4v) is 5.14. The first kappa shape index (κ1) is 25.1. The summed E-state index contributed by atoms with van der Waals surface area (Å²) < 4.78 is 6.10. The first-order valence-electron chi connectivity index (χ1n) is 13.2. The van der Waals surface area contributed by atoms with E-state index in [1.54, 1.807) is 18.2 Å². The largest absolute Gasteiger partial charge is 0.507 e. The van der Waals surface area contributed by atoms with Gasteiger partial charge in [-0.15, -0.1) is 0 Å². The van der Waals surface area contributed by atoms with Crippen molar-refractivity contribution in [2.75, 3.05) is 44.2 Å². The van der Waals surface area contributed by atoms with E-state index >= 15 is 0 Å². The van der Waals surface area contributed by atoms with Crippen molar-refractivity contribution in [1.29, 1.82) is 0 Å². The Morgan fingerprint density at radius 1 is 0.865 bits per heavy atom. The molecule has 0 saturated carbocycles. The third-order valence-electron chi connectivity index (χ3n) is 7.33. The van der Waals surface area contributed by atoms with Crippen LogP contribution in [-0.2, 0) is 13.1 Å². The van der Waals surface area contributed by atoms with Crippen LogP contribution in [0.15, 0.2) is 72.5 Å². The Morgan fingerprint density at radius 2 is 1.51 bits per heavy atom. The second kappa shape index (κ2) is 11.2. The number of piperazine rings is 1. The number of rotatable bonds is 8. The van der Waals surface area contributed by atoms with E-state index < -0.39 is 0 Å². The molecule has 0 amide bonds. The Morgan fingerprint density at radius 3 is 2.16 bits per heavy atom. The molecule has 2 heterocycles. The molecule has 192 valence electrons. The maximum Gasteiger partial charge on any atom is 0.231 e. The number of allylic oxidation sites excluding steroid dienone is 1. The van der Waals surface area contributed by atoms with E-state index in [0.29, 0.717) is 29.2 Å². The van der Waals surface area contributed by atoms with Gasteiger partial charge in [-0.05, 0) is 55.3 Å². The second-order valence-corrected chi connectivity index (χ2v) is 9.68. The van der Waals surface area contributed by atoms with Crippen molar-refractivity contribution in [2.45, 2.75) is 26.9 Å². The zero-order valence-electron chi connectivity index (χ0n) is 21.7. The van der Waals surface area contributed by atoms with Gasteiger partial charge in [0, 0.05) is 58.0 Å². The van der Waals surface area contributed by atoms with Crippen LogP contribution in [-0.4, -0.2) is 60.0 Å². The number of phenolic OH excluding ortho intramolecular Hbond substituents is 1. The standard InChI is InChI=1S/C31H35N3O3/c1-3-34(4-2)25-12-10-23(11-13-25)20-29-30(36)26-14-15-28(35)27(31(26)37-29)22-33-18-16-32(17-19-33)21-24-8-6-5-7-9-24/h5-15,20,35H,3-4,16-19,21-22H2,1-2H3/b29-20-. The summed E-state index contributed by atoms with van der Waals surface area (Å²) in [4.78, 5) is 20.2. The Kier molecular flexibility index (Phi) is 7.58. The van der Waals surface area contributed by atoms with Crippen LogP contribution < -0.4 is 9.64 Å². The highest BCUT2D eigenvalue weighted by atomic mass is 16.5. The third kappa shape index (κ3) is 5.55. The lowest BCUT2D eigenvalue weighted by Gasteiger charge is -2.35. The monoisotopic (exact) mass is 497 g/mol. The van der Waals surface area contributed by atoms with E-state index in [2.05, 4.69) is 64.9 Å². The minimum Gasteiger partial charge on any atom is -0.507 e. The highest BCUT2D eigenvalue weighted by Gasteiger charge is 2.32. The minimum absolute atomic E-state index is 0.142. The van der Waals surface area contributed by atoms with Gasteiger partial charge in [-0.1, -0.05) is 42.5 Å². The van der Waals surface area contributed by atoms with Gasteiger partial charge in [0.2, 0.25) is 5.78 Å². The number of nitrogens with zero attached hydrogens (tertiary/aromatic N) is 3. The summed E-state index contributed by atoms with van der Waals surface area (Å²) in [6.07, 6.45) is 1.79. The molecule has 6 heteroatoms. The maximum atomic E-state index is 13.1. The van der Waals surface area contributed by atoms with Gasteiger partial charge in [0.15, 0.2) is 5.76 Å². The number of ether oxygens (including phenoxy) is 1. The lowest BCUT2D eigenvalue weighted by atomic mass is 10.0. The summed E-state index contributed by atoms with van der Waals surface area (Å²) in [5.74, 6) is 0.813. The van der Waals surface area contributed by atoms with Crippen LogP contribution in [0.3, 0.4) is 0 Å². The quantitative estimate of drug-likeness (QED) is 0.433. The molecule has 0 unspecified atom stereocenters. The first-order valence-corrected chi connectivity index (χ1v) is 13.2. The van der Waals surface area contributed by atoms with Crippen LogP contribution >= 0.6 is 0 Å². The lowest BCUT2D eigenvalue weighted by molar-refractivity contribution is 0.101. The summed E-state index contributed by atoms with van der Waals surface area (Å²) in [6, 6.07) is 22.0. The van der Waals surface area contributed by atoms with Crippen LogP contribution in [0.5, 0.6) is 11.5 Å². The number of hydrogen-bond donors (Lipinski definition) is 1. The smallest absolute Gasteiger partial charge is 0.231 e. The normalized spacial score (nSPS) is 17.1. The predicted octanol–water partition coefficient (Wildman–Crippen LogP) is 5.17. The average Bonchev–Trinajstić information content (AvgIpc) is 3.24. The molecule has 37 heavy (non-hydrogen) atoms. The van der Waals surface area contributed by atoms with Crippen molar-refractivity contribution < 1.29 is 14.6 Å². The molecule has 1 fully saturated rings. The number of Topliss-reactive ketones (excluding diaryl/α,β-unsaturated/α-hetero) is 1. The van der Waals surface area contributed by atoms with E-state index in [9.17, 15) is 9.90 Å². The van der Waals surface area contributed by atoms with E-state index in [-0.39, 0.29) is 11.5 Å². The summed E-state index contributed by atoms with van der Waals surface area (Å²) >= 11 is 0. The second-order valence-electron chi connectivity index (χ2n) is 9.68. The highest BCUT2D eigenvalue weighted by molar-refractivity contribution is 6.15. The SMILES string of the molecule is CCN(CC)c1ccc(/C=C2\Oc3c(ccc(O)c3CN3CCN(Cc4ccccc4)CC3)C2=O)cc1. The van der Waals surface area contributed by atoms with E-state index in [1.807, 2.05) is 18.2 Å². The van der Waals surface area contributed by atoms with Crippen LogP contribution in [0.4, 0.5) is 5.69 Å².